The summed E-state index contributed by atoms with van der Waals surface area (Å²) in [6.07, 6.45) is 2.36. The first kappa shape index (κ1) is 17.8. The minimum atomic E-state index is -0.216. The standard InChI is InChI=1S/C20H23N5O/c1-24(2)18(13-16-9-5-3-6-10-16)14-21-20(26)19-15-22-25(23-19)17-11-7-4-8-12-17/h3-12,15,18H,13-14H2,1-2H3,(H,21,26). The molecule has 1 unspecified atom stereocenters. The van der Waals surface area contributed by atoms with E-state index in [1.165, 1.54) is 16.6 Å². The molecule has 0 aliphatic carbocycles. The predicted molar refractivity (Wildman–Crippen MR) is 101 cm³/mol. The molecule has 3 aromatic rings. The van der Waals surface area contributed by atoms with E-state index in [0.717, 1.165) is 12.1 Å². The van der Waals surface area contributed by atoms with Gasteiger partial charge in [0.15, 0.2) is 5.69 Å². The summed E-state index contributed by atoms with van der Waals surface area (Å²) in [4.78, 5) is 16.0. The third-order valence-corrected chi connectivity index (χ3v) is 4.25. The van der Waals surface area contributed by atoms with Crippen molar-refractivity contribution < 1.29 is 4.79 Å². The second-order valence-electron chi connectivity index (χ2n) is 6.37. The SMILES string of the molecule is CN(C)C(CNC(=O)c1cnn(-c2ccccc2)n1)Cc1ccccc1. The van der Waals surface area contributed by atoms with Gasteiger partial charge in [-0.1, -0.05) is 48.5 Å². The Morgan fingerprint density at radius 3 is 2.38 bits per heavy atom. The lowest BCUT2D eigenvalue weighted by Gasteiger charge is -2.24. The van der Waals surface area contributed by atoms with Crippen LogP contribution in [0.2, 0.25) is 0 Å². The summed E-state index contributed by atoms with van der Waals surface area (Å²) in [5.74, 6) is -0.216. The summed E-state index contributed by atoms with van der Waals surface area (Å²) in [5, 5.41) is 11.4. The van der Waals surface area contributed by atoms with Crippen molar-refractivity contribution in [2.45, 2.75) is 12.5 Å². The van der Waals surface area contributed by atoms with Gasteiger partial charge in [0.25, 0.3) is 5.91 Å². The van der Waals surface area contributed by atoms with E-state index in [9.17, 15) is 4.79 Å². The lowest BCUT2D eigenvalue weighted by molar-refractivity contribution is 0.0936. The Kier molecular flexibility index (Phi) is 5.76. The molecule has 0 bridgehead atoms. The van der Waals surface area contributed by atoms with Crippen LogP contribution in [0.4, 0.5) is 0 Å². The summed E-state index contributed by atoms with van der Waals surface area (Å²) in [6, 6.07) is 20.0. The molecule has 0 spiro atoms. The molecule has 0 saturated heterocycles. The molecule has 6 heteroatoms. The first-order valence-electron chi connectivity index (χ1n) is 8.60. The molecular weight excluding hydrogens is 326 g/mol. The van der Waals surface area contributed by atoms with E-state index in [1.807, 2.05) is 62.6 Å². The molecule has 0 saturated carbocycles. The third kappa shape index (κ3) is 4.55. The van der Waals surface area contributed by atoms with E-state index in [2.05, 4.69) is 32.5 Å². The first-order valence-corrected chi connectivity index (χ1v) is 8.60. The fourth-order valence-electron chi connectivity index (χ4n) is 2.68. The van der Waals surface area contributed by atoms with E-state index in [-0.39, 0.29) is 11.9 Å². The average molecular weight is 349 g/mol. The molecule has 0 aliphatic heterocycles. The molecule has 134 valence electrons. The lowest BCUT2D eigenvalue weighted by Crippen LogP contribution is -2.41. The number of para-hydroxylation sites is 1. The first-order chi connectivity index (χ1) is 12.6. The van der Waals surface area contributed by atoms with Crippen LogP contribution in [0.15, 0.2) is 66.9 Å². The number of aromatic nitrogens is 3. The topological polar surface area (TPSA) is 63.1 Å². The van der Waals surface area contributed by atoms with Crippen LogP contribution in [-0.4, -0.2) is 52.5 Å². The number of amides is 1. The molecular formula is C20H23N5O. The Hall–Kier alpha value is -2.99. The molecule has 26 heavy (non-hydrogen) atoms. The van der Waals surface area contributed by atoms with Gasteiger partial charge in [-0.15, -0.1) is 5.10 Å². The molecule has 3 rings (SSSR count). The van der Waals surface area contributed by atoms with E-state index in [0.29, 0.717) is 12.2 Å². The summed E-state index contributed by atoms with van der Waals surface area (Å²) < 4.78 is 0. The Labute approximate surface area is 153 Å². The van der Waals surface area contributed by atoms with Gasteiger partial charge in [-0.3, -0.25) is 4.79 Å². The van der Waals surface area contributed by atoms with Gasteiger partial charge in [0.2, 0.25) is 0 Å². The summed E-state index contributed by atoms with van der Waals surface area (Å²) >= 11 is 0. The highest BCUT2D eigenvalue weighted by Gasteiger charge is 2.16. The molecule has 1 N–H and O–H groups in total. The van der Waals surface area contributed by atoms with Gasteiger partial charge >= 0.3 is 0 Å². The van der Waals surface area contributed by atoms with Gasteiger partial charge in [-0.2, -0.15) is 9.90 Å². The Bertz CT molecular complexity index is 830. The maximum atomic E-state index is 12.4. The number of hydrogen-bond donors (Lipinski definition) is 1. The normalized spacial score (nSPS) is 12.1. The monoisotopic (exact) mass is 349 g/mol. The fourth-order valence-corrected chi connectivity index (χ4v) is 2.68. The number of likely N-dealkylation sites (N-methyl/N-ethyl adjacent to an activating group) is 1. The number of benzene rings is 2. The average Bonchev–Trinajstić information content (AvgIpc) is 3.16. The largest absolute Gasteiger partial charge is 0.349 e. The maximum absolute atomic E-state index is 12.4. The van der Waals surface area contributed by atoms with Gasteiger partial charge in [-0.05, 0) is 38.2 Å². The zero-order valence-electron chi connectivity index (χ0n) is 15.0. The number of carbonyl (C=O) groups is 1. The van der Waals surface area contributed by atoms with E-state index >= 15 is 0 Å². The smallest absolute Gasteiger partial charge is 0.273 e. The number of rotatable bonds is 7. The van der Waals surface area contributed by atoms with Crippen molar-refractivity contribution in [2.24, 2.45) is 0 Å². The Morgan fingerprint density at radius 2 is 1.73 bits per heavy atom. The van der Waals surface area contributed by atoms with Gasteiger partial charge in [-0.25, -0.2) is 0 Å². The molecule has 0 fully saturated rings. The van der Waals surface area contributed by atoms with Crippen LogP contribution in [0.3, 0.4) is 0 Å². The summed E-state index contributed by atoms with van der Waals surface area (Å²) in [7, 11) is 4.04. The van der Waals surface area contributed by atoms with Crippen molar-refractivity contribution in [1.29, 1.82) is 0 Å². The second kappa shape index (κ2) is 8.40. The lowest BCUT2D eigenvalue weighted by atomic mass is 10.1. The van der Waals surface area contributed by atoms with Crippen LogP contribution in [-0.2, 0) is 6.42 Å². The highest BCUT2D eigenvalue weighted by atomic mass is 16.2. The van der Waals surface area contributed by atoms with E-state index < -0.39 is 0 Å². The number of nitrogens with one attached hydrogen (secondary N) is 1. The molecule has 1 atom stereocenters. The van der Waals surface area contributed by atoms with Crippen molar-refractivity contribution >= 4 is 5.91 Å². The zero-order chi connectivity index (χ0) is 18.4. The van der Waals surface area contributed by atoms with Gasteiger partial charge in [0.1, 0.15) is 0 Å². The van der Waals surface area contributed by atoms with Crippen LogP contribution in [0.1, 0.15) is 16.1 Å². The van der Waals surface area contributed by atoms with Crippen LogP contribution >= 0.6 is 0 Å². The van der Waals surface area contributed by atoms with Gasteiger partial charge < -0.3 is 10.2 Å². The van der Waals surface area contributed by atoms with Crippen molar-refractivity contribution in [3.8, 4) is 5.69 Å². The molecule has 1 amide bonds. The highest BCUT2D eigenvalue weighted by Crippen LogP contribution is 2.07. The molecule has 0 radical (unpaired) electrons. The van der Waals surface area contributed by atoms with E-state index in [4.69, 9.17) is 0 Å². The summed E-state index contributed by atoms with van der Waals surface area (Å²) in [6.45, 7) is 0.541. The fraction of sp³-hybridized carbons (Fsp3) is 0.250. The molecule has 1 aromatic heterocycles. The number of nitrogens with zero attached hydrogens (tertiary/aromatic N) is 4. The molecule has 2 aromatic carbocycles. The molecule has 6 nitrogen and oxygen atoms in total. The van der Waals surface area contributed by atoms with Crippen LogP contribution < -0.4 is 5.32 Å². The third-order valence-electron chi connectivity index (χ3n) is 4.25. The Morgan fingerprint density at radius 1 is 1.08 bits per heavy atom. The quantitative estimate of drug-likeness (QED) is 0.710. The Balaban J connectivity index is 1.61. The van der Waals surface area contributed by atoms with Crippen molar-refractivity contribution in [3.05, 3.63) is 78.1 Å². The second-order valence-corrected chi connectivity index (χ2v) is 6.37. The van der Waals surface area contributed by atoms with Crippen molar-refractivity contribution in [1.82, 2.24) is 25.2 Å². The maximum Gasteiger partial charge on any atom is 0.273 e. The van der Waals surface area contributed by atoms with Crippen LogP contribution in [0.25, 0.3) is 5.69 Å². The van der Waals surface area contributed by atoms with Crippen LogP contribution in [0.5, 0.6) is 0 Å². The predicted octanol–water partition coefficient (Wildman–Crippen LogP) is 2.17. The number of carbonyl (C=O) groups excluding carboxylic acids is 1. The van der Waals surface area contributed by atoms with Gasteiger partial charge in [0.05, 0.1) is 11.9 Å². The highest BCUT2D eigenvalue weighted by molar-refractivity contribution is 5.91. The van der Waals surface area contributed by atoms with Crippen molar-refractivity contribution in [2.75, 3.05) is 20.6 Å². The van der Waals surface area contributed by atoms with Crippen LogP contribution in [0, 0.1) is 0 Å². The number of hydrogen-bond acceptors (Lipinski definition) is 4. The minimum Gasteiger partial charge on any atom is -0.349 e. The minimum absolute atomic E-state index is 0.200. The summed E-state index contributed by atoms with van der Waals surface area (Å²) in [5.41, 5.74) is 2.38. The van der Waals surface area contributed by atoms with Gasteiger partial charge in [0, 0.05) is 12.6 Å². The van der Waals surface area contributed by atoms with Crippen molar-refractivity contribution in [3.63, 3.8) is 0 Å². The molecule has 0 aliphatic rings. The van der Waals surface area contributed by atoms with E-state index in [1.54, 1.807) is 0 Å². The molecule has 1 heterocycles. The zero-order valence-corrected chi connectivity index (χ0v) is 15.0.